The highest BCUT2D eigenvalue weighted by Gasteiger charge is 2.26. The van der Waals surface area contributed by atoms with E-state index in [2.05, 4.69) is 23.3 Å². The lowest BCUT2D eigenvalue weighted by molar-refractivity contribution is 0.582. The second-order valence-electron chi connectivity index (χ2n) is 4.70. The number of rotatable bonds is 1. The topological polar surface area (TPSA) is 27.0 Å². The third-order valence-corrected chi connectivity index (χ3v) is 4.66. The summed E-state index contributed by atoms with van der Waals surface area (Å²) in [5.41, 5.74) is 2.24. The van der Waals surface area contributed by atoms with E-state index in [-0.39, 0.29) is 11.9 Å². The molecule has 2 nitrogen and oxygen atoms in total. The number of hydrogen-bond donors (Lipinski definition) is 0. The molecule has 1 atom stereocenters. The zero-order chi connectivity index (χ0) is 13.4. The highest BCUT2D eigenvalue weighted by Crippen LogP contribution is 2.36. The number of halogens is 1. The van der Waals surface area contributed by atoms with Crippen molar-refractivity contribution in [3.63, 3.8) is 0 Å². The van der Waals surface area contributed by atoms with Crippen LogP contribution in [0.5, 0.6) is 0 Å². The van der Waals surface area contributed by atoms with Gasteiger partial charge in [-0.25, -0.2) is 4.39 Å². The molecule has 0 fully saturated rings. The van der Waals surface area contributed by atoms with E-state index in [4.69, 9.17) is 5.26 Å². The lowest BCUT2D eigenvalue weighted by atomic mass is 10.0. The summed E-state index contributed by atoms with van der Waals surface area (Å²) in [6, 6.07) is 8.96. The van der Waals surface area contributed by atoms with E-state index in [1.165, 1.54) is 16.5 Å². The summed E-state index contributed by atoms with van der Waals surface area (Å²) >= 11 is 1.77. The Morgan fingerprint density at radius 1 is 1.42 bits per heavy atom. The van der Waals surface area contributed by atoms with Crippen molar-refractivity contribution >= 4 is 17.0 Å². The molecule has 1 aliphatic heterocycles. The molecule has 4 heteroatoms. The summed E-state index contributed by atoms with van der Waals surface area (Å²) in [5, 5.41) is 10.9. The average Bonchev–Trinajstić information content (AvgIpc) is 2.89. The molecule has 1 aromatic heterocycles. The number of benzene rings is 1. The van der Waals surface area contributed by atoms with Crippen LogP contribution >= 0.6 is 11.3 Å². The molecule has 19 heavy (non-hydrogen) atoms. The first kappa shape index (κ1) is 12.2. The van der Waals surface area contributed by atoms with E-state index in [0.29, 0.717) is 11.3 Å². The van der Waals surface area contributed by atoms with E-state index in [1.807, 2.05) is 6.07 Å². The fourth-order valence-electron chi connectivity index (χ4n) is 2.65. The quantitative estimate of drug-likeness (QED) is 0.787. The van der Waals surface area contributed by atoms with Gasteiger partial charge in [-0.3, -0.25) is 0 Å². The smallest absolute Gasteiger partial charge is 0.147 e. The Kier molecular flexibility index (Phi) is 3.00. The third kappa shape index (κ3) is 2.00. The molecule has 0 saturated carbocycles. The fourth-order valence-corrected chi connectivity index (χ4v) is 3.61. The van der Waals surface area contributed by atoms with Crippen molar-refractivity contribution in [1.82, 2.24) is 0 Å². The Hall–Kier alpha value is -1.86. The largest absolute Gasteiger partial charge is 0.362 e. The van der Waals surface area contributed by atoms with Crippen LogP contribution in [0.25, 0.3) is 0 Å². The summed E-state index contributed by atoms with van der Waals surface area (Å²) in [7, 11) is 0. The number of thiophene rings is 1. The minimum absolute atomic E-state index is 0.178. The van der Waals surface area contributed by atoms with Gasteiger partial charge < -0.3 is 4.90 Å². The number of nitrogens with zero attached hydrogens (tertiary/aromatic N) is 2. The van der Waals surface area contributed by atoms with Crippen molar-refractivity contribution in [2.45, 2.75) is 19.4 Å². The van der Waals surface area contributed by atoms with E-state index >= 15 is 0 Å². The molecule has 1 aliphatic rings. The molecule has 0 bridgehead atoms. The van der Waals surface area contributed by atoms with Crippen molar-refractivity contribution in [2.24, 2.45) is 0 Å². The number of hydrogen-bond acceptors (Lipinski definition) is 3. The van der Waals surface area contributed by atoms with Gasteiger partial charge in [-0.2, -0.15) is 5.26 Å². The lowest BCUT2D eigenvalue weighted by Gasteiger charge is -2.35. The zero-order valence-electron chi connectivity index (χ0n) is 10.6. The molecule has 0 amide bonds. The zero-order valence-corrected chi connectivity index (χ0v) is 11.4. The SMILES string of the molecule is CC1c2ccsc2CCN1c1ccc(C#N)cc1F. The molecule has 0 saturated heterocycles. The molecular formula is C15H13FN2S. The van der Waals surface area contributed by atoms with Gasteiger partial charge in [-0.1, -0.05) is 0 Å². The Labute approximate surface area is 115 Å². The molecule has 1 unspecified atom stereocenters. The van der Waals surface area contributed by atoms with Crippen LogP contribution in [0.1, 0.15) is 29.0 Å². The molecule has 96 valence electrons. The Balaban J connectivity index is 1.98. The number of nitriles is 1. The van der Waals surface area contributed by atoms with Crippen LogP contribution in [-0.2, 0) is 6.42 Å². The van der Waals surface area contributed by atoms with E-state index in [9.17, 15) is 4.39 Å². The third-order valence-electron chi connectivity index (χ3n) is 3.66. The Morgan fingerprint density at radius 2 is 2.26 bits per heavy atom. The summed E-state index contributed by atoms with van der Waals surface area (Å²) in [6.07, 6.45) is 0.955. The average molecular weight is 272 g/mol. The fraction of sp³-hybridized carbons (Fsp3) is 0.267. The molecule has 2 heterocycles. The van der Waals surface area contributed by atoms with Crippen molar-refractivity contribution in [2.75, 3.05) is 11.4 Å². The minimum Gasteiger partial charge on any atom is -0.362 e. The van der Waals surface area contributed by atoms with E-state index < -0.39 is 0 Å². The molecule has 2 aromatic rings. The lowest BCUT2D eigenvalue weighted by Crippen LogP contribution is -2.33. The second kappa shape index (κ2) is 4.67. The van der Waals surface area contributed by atoms with Crippen LogP contribution in [0.2, 0.25) is 0 Å². The van der Waals surface area contributed by atoms with Gasteiger partial charge in [0, 0.05) is 11.4 Å². The molecule has 0 spiro atoms. The van der Waals surface area contributed by atoms with Crippen molar-refractivity contribution in [3.8, 4) is 6.07 Å². The number of fused-ring (bicyclic) bond motifs is 1. The maximum atomic E-state index is 14.1. The van der Waals surface area contributed by atoms with Crippen molar-refractivity contribution in [1.29, 1.82) is 5.26 Å². The molecular weight excluding hydrogens is 259 g/mol. The molecule has 0 radical (unpaired) electrons. The molecule has 0 N–H and O–H groups in total. The maximum Gasteiger partial charge on any atom is 0.147 e. The predicted molar refractivity (Wildman–Crippen MR) is 74.9 cm³/mol. The summed E-state index contributed by atoms with van der Waals surface area (Å²) in [4.78, 5) is 3.48. The van der Waals surface area contributed by atoms with Crippen molar-refractivity contribution < 1.29 is 4.39 Å². The highest BCUT2D eigenvalue weighted by molar-refractivity contribution is 7.10. The normalized spacial score (nSPS) is 17.9. The van der Waals surface area contributed by atoms with E-state index in [1.54, 1.807) is 23.5 Å². The van der Waals surface area contributed by atoms with Gasteiger partial charge in [0.1, 0.15) is 5.82 Å². The summed E-state index contributed by atoms with van der Waals surface area (Å²) in [5.74, 6) is -0.315. The maximum absolute atomic E-state index is 14.1. The van der Waals surface area contributed by atoms with Crippen LogP contribution in [0.4, 0.5) is 10.1 Å². The van der Waals surface area contributed by atoms with Crippen LogP contribution in [-0.4, -0.2) is 6.54 Å². The van der Waals surface area contributed by atoms with Gasteiger partial charge in [0.05, 0.1) is 23.4 Å². The Bertz CT molecular complexity index is 656. The predicted octanol–water partition coefficient (Wildman–Crippen LogP) is 3.88. The summed E-state index contributed by atoms with van der Waals surface area (Å²) in [6.45, 7) is 2.92. The first-order chi connectivity index (χ1) is 9.20. The standard InChI is InChI=1S/C15H13FN2S/c1-10-12-5-7-19-15(12)4-6-18(10)14-3-2-11(9-17)8-13(14)16/h2-3,5,7-8,10H,4,6H2,1H3. The minimum atomic E-state index is -0.315. The Morgan fingerprint density at radius 3 is 3.00 bits per heavy atom. The number of anilines is 1. The molecule has 3 rings (SSSR count). The van der Waals surface area contributed by atoms with Gasteiger partial charge in [-0.15, -0.1) is 11.3 Å². The van der Waals surface area contributed by atoms with Crippen LogP contribution in [0, 0.1) is 17.1 Å². The second-order valence-corrected chi connectivity index (χ2v) is 5.70. The highest BCUT2D eigenvalue weighted by atomic mass is 32.1. The molecule has 1 aromatic carbocycles. The van der Waals surface area contributed by atoms with Gasteiger partial charge in [0.25, 0.3) is 0 Å². The monoisotopic (exact) mass is 272 g/mol. The first-order valence-corrected chi connectivity index (χ1v) is 7.11. The van der Waals surface area contributed by atoms with Crippen LogP contribution in [0.3, 0.4) is 0 Å². The van der Waals surface area contributed by atoms with Crippen molar-refractivity contribution in [3.05, 3.63) is 51.5 Å². The van der Waals surface area contributed by atoms with Gasteiger partial charge in [0.2, 0.25) is 0 Å². The van der Waals surface area contributed by atoms with E-state index in [0.717, 1.165) is 13.0 Å². The van der Waals surface area contributed by atoms with Gasteiger partial charge in [-0.05, 0) is 48.6 Å². The van der Waals surface area contributed by atoms with Gasteiger partial charge in [0.15, 0.2) is 0 Å². The first-order valence-electron chi connectivity index (χ1n) is 6.23. The van der Waals surface area contributed by atoms with Crippen LogP contribution < -0.4 is 4.90 Å². The molecule has 0 aliphatic carbocycles. The summed E-state index contributed by atoms with van der Waals surface area (Å²) < 4.78 is 14.1. The van der Waals surface area contributed by atoms with Gasteiger partial charge >= 0.3 is 0 Å². The van der Waals surface area contributed by atoms with Crippen LogP contribution in [0.15, 0.2) is 29.6 Å².